The molecule has 0 spiro atoms. The molecule has 2 atom stereocenters. The van der Waals surface area contributed by atoms with Crippen molar-refractivity contribution in [3.8, 4) is 0 Å². The van der Waals surface area contributed by atoms with Crippen LogP contribution in [0.4, 0.5) is 0 Å². The second-order valence-corrected chi connectivity index (χ2v) is 8.65. The normalized spacial score (nSPS) is 31.7. The Morgan fingerprint density at radius 1 is 1.12 bits per heavy atom. The van der Waals surface area contributed by atoms with Crippen molar-refractivity contribution in [1.29, 1.82) is 0 Å². The Kier molecular flexibility index (Phi) is 6.86. The van der Waals surface area contributed by atoms with E-state index in [4.69, 9.17) is 4.74 Å². The predicted molar refractivity (Wildman–Crippen MR) is 115 cm³/mol. The Bertz CT molecular complexity index is 542. The number of hydrogen-bond acceptors (Lipinski definition) is 3. The third-order valence-electron chi connectivity index (χ3n) is 6.89. The summed E-state index contributed by atoms with van der Waals surface area (Å²) in [6.07, 6.45) is 5.13. The minimum atomic E-state index is -0.0853. The van der Waals surface area contributed by atoms with Gasteiger partial charge in [-0.2, -0.15) is 0 Å². The number of piperidine rings is 1. The number of amides is 1. The SMILES string of the molecule is CN=C(NC1CCN(C(=O)C2CC2)CC1)NC1CC(C)(OC)C1(C)C.I. The summed E-state index contributed by atoms with van der Waals surface area (Å²) in [6.45, 7) is 8.38. The van der Waals surface area contributed by atoms with Crippen LogP contribution in [0.5, 0.6) is 0 Å². The number of rotatable bonds is 4. The van der Waals surface area contributed by atoms with Crippen LogP contribution < -0.4 is 10.6 Å². The highest BCUT2D eigenvalue weighted by molar-refractivity contribution is 14.0. The molecule has 0 radical (unpaired) electrons. The van der Waals surface area contributed by atoms with E-state index in [9.17, 15) is 4.79 Å². The van der Waals surface area contributed by atoms with E-state index in [0.29, 0.717) is 23.9 Å². The van der Waals surface area contributed by atoms with Crippen molar-refractivity contribution in [2.75, 3.05) is 27.2 Å². The third kappa shape index (κ3) is 4.13. The second-order valence-electron chi connectivity index (χ2n) is 8.65. The Balaban J connectivity index is 0.00000243. The maximum absolute atomic E-state index is 12.2. The largest absolute Gasteiger partial charge is 0.378 e. The molecule has 0 bridgehead atoms. The van der Waals surface area contributed by atoms with Crippen LogP contribution in [0.3, 0.4) is 0 Å². The summed E-state index contributed by atoms with van der Waals surface area (Å²) in [5.74, 6) is 1.56. The molecule has 6 nitrogen and oxygen atoms in total. The number of nitrogens with zero attached hydrogens (tertiary/aromatic N) is 2. The van der Waals surface area contributed by atoms with Gasteiger partial charge in [0.1, 0.15) is 0 Å². The molecule has 7 heteroatoms. The van der Waals surface area contributed by atoms with Crippen molar-refractivity contribution >= 4 is 35.8 Å². The molecule has 0 aromatic rings. The van der Waals surface area contributed by atoms with Gasteiger partial charge in [0.25, 0.3) is 0 Å². The Hall–Kier alpha value is -0.570. The maximum Gasteiger partial charge on any atom is 0.225 e. The lowest BCUT2D eigenvalue weighted by Gasteiger charge is -2.59. The summed E-state index contributed by atoms with van der Waals surface area (Å²) in [7, 11) is 3.62. The molecule has 2 unspecified atom stereocenters. The Labute approximate surface area is 174 Å². The first-order chi connectivity index (χ1) is 11.8. The van der Waals surface area contributed by atoms with E-state index in [1.165, 1.54) is 0 Å². The fraction of sp³-hybridized carbons (Fsp3) is 0.895. The van der Waals surface area contributed by atoms with Gasteiger partial charge in [0, 0.05) is 50.7 Å². The molecule has 3 aliphatic rings. The van der Waals surface area contributed by atoms with Crippen LogP contribution in [-0.4, -0.2) is 61.7 Å². The fourth-order valence-electron chi connectivity index (χ4n) is 4.08. The van der Waals surface area contributed by atoms with E-state index >= 15 is 0 Å². The standard InChI is InChI=1S/C19H34N4O2.HI/c1-18(2)15(12-19(18,3)25-5)22-17(20-4)21-14-8-10-23(11-9-14)16(24)13-6-7-13;/h13-15H,6-12H2,1-5H3,(H2,20,21,22);1H. The number of halogens is 1. The number of likely N-dealkylation sites (tertiary alicyclic amines) is 1. The van der Waals surface area contributed by atoms with Crippen molar-refractivity contribution in [2.24, 2.45) is 16.3 Å². The summed E-state index contributed by atoms with van der Waals surface area (Å²) in [5.41, 5.74) is -0.0303. The number of ether oxygens (including phenoxy) is 1. The summed E-state index contributed by atoms with van der Waals surface area (Å²) >= 11 is 0. The predicted octanol–water partition coefficient (Wildman–Crippen LogP) is 2.37. The van der Waals surface area contributed by atoms with Gasteiger partial charge in [0.05, 0.1) is 5.60 Å². The third-order valence-corrected chi connectivity index (χ3v) is 6.89. The number of methoxy groups -OCH3 is 1. The lowest BCUT2D eigenvalue weighted by molar-refractivity contribution is -0.176. The second kappa shape index (κ2) is 8.20. The first-order valence-corrected chi connectivity index (χ1v) is 9.64. The van der Waals surface area contributed by atoms with Gasteiger partial charge in [-0.1, -0.05) is 13.8 Å². The molecule has 26 heavy (non-hydrogen) atoms. The summed E-state index contributed by atoms with van der Waals surface area (Å²) in [6, 6.07) is 0.728. The van der Waals surface area contributed by atoms with Crippen molar-refractivity contribution in [3.05, 3.63) is 0 Å². The number of carbonyl (C=O) groups excluding carboxylic acids is 1. The van der Waals surface area contributed by atoms with Crippen molar-refractivity contribution < 1.29 is 9.53 Å². The Morgan fingerprint density at radius 2 is 1.73 bits per heavy atom. The molecule has 3 fully saturated rings. The average molecular weight is 478 g/mol. The van der Waals surface area contributed by atoms with Gasteiger partial charge < -0.3 is 20.3 Å². The molecular formula is C19H35IN4O2. The number of guanidine groups is 1. The van der Waals surface area contributed by atoms with Crippen LogP contribution in [0, 0.1) is 11.3 Å². The van der Waals surface area contributed by atoms with E-state index in [1.54, 1.807) is 7.11 Å². The Morgan fingerprint density at radius 3 is 2.19 bits per heavy atom. The lowest BCUT2D eigenvalue weighted by atomic mass is 9.56. The highest BCUT2D eigenvalue weighted by atomic mass is 127. The highest BCUT2D eigenvalue weighted by Crippen LogP contribution is 2.51. The number of hydrogen-bond donors (Lipinski definition) is 2. The number of nitrogens with one attached hydrogen (secondary N) is 2. The molecular weight excluding hydrogens is 443 g/mol. The molecule has 150 valence electrons. The summed E-state index contributed by atoms with van der Waals surface area (Å²) < 4.78 is 5.71. The quantitative estimate of drug-likeness (QED) is 0.370. The maximum atomic E-state index is 12.2. The van der Waals surface area contributed by atoms with Crippen LogP contribution in [0.2, 0.25) is 0 Å². The van der Waals surface area contributed by atoms with Crippen LogP contribution in [0.25, 0.3) is 0 Å². The van der Waals surface area contributed by atoms with E-state index in [-0.39, 0.29) is 35.0 Å². The van der Waals surface area contributed by atoms with Gasteiger partial charge in [-0.15, -0.1) is 24.0 Å². The molecule has 2 aliphatic carbocycles. The van der Waals surface area contributed by atoms with Gasteiger partial charge in [0.15, 0.2) is 5.96 Å². The molecule has 1 heterocycles. The molecule has 0 aromatic heterocycles. The van der Waals surface area contributed by atoms with Crippen molar-refractivity contribution in [1.82, 2.24) is 15.5 Å². The average Bonchev–Trinajstić information content (AvgIpc) is 3.45. The first-order valence-electron chi connectivity index (χ1n) is 9.64. The van der Waals surface area contributed by atoms with Gasteiger partial charge in [-0.25, -0.2) is 0 Å². The van der Waals surface area contributed by atoms with Crippen LogP contribution in [0.1, 0.15) is 52.9 Å². The number of carbonyl (C=O) groups is 1. The molecule has 1 amide bonds. The molecule has 1 aliphatic heterocycles. The zero-order chi connectivity index (χ0) is 18.2. The molecule has 2 saturated carbocycles. The minimum absolute atomic E-state index is 0. The molecule has 0 aromatic carbocycles. The van der Waals surface area contributed by atoms with Crippen molar-refractivity contribution in [2.45, 2.75) is 70.6 Å². The minimum Gasteiger partial charge on any atom is -0.378 e. The molecule has 2 N–H and O–H groups in total. The fourth-order valence-corrected chi connectivity index (χ4v) is 4.08. The van der Waals surface area contributed by atoms with Crippen LogP contribution in [0.15, 0.2) is 4.99 Å². The van der Waals surface area contributed by atoms with Gasteiger partial charge in [-0.05, 0) is 39.0 Å². The summed E-state index contributed by atoms with van der Waals surface area (Å²) in [5, 5.41) is 7.12. The van der Waals surface area contributed by atoms with E-state index in [2.05, 4.69) is 36.4 Å². The van der Waals surface area contributed by atoms with E-state index in [1.807, 2.05) is 11.9 Å². The summed E-state index contributed by atoms with van der Waals surface area (Å²) in [4.78, 5) is 18.6. The molecule has 1 saturated heterocycles. The first kappa shape index (κ1) is 21.7. The van der Waals surface area contributed by atoms with Crippen molar-refractivity contribution in [3.63, 3.8) is 0 Å². The van der Waals surface area contributed by atoms with Gasteiger partial charge in [0.2, 0.25) is 5.91 Å². The molecule has 3 rings (SSSR count). The highest BCUT2D eigenvalue weighted by Gasteiger charge is 2.58. The lowest BCUT2D eigenvalue weighted by Crippen LogP contribution is -2.69. The zero-order valence-electron chi connectivity index (χ0n) is 16.8. The van der Waals surface area contributed by atoms with Crippen LogP contribution >= 0.6 is 24.0 Å². The van der Waals surface area contributed by atoms with E-state index in [0.717, 1.165) is 51.2 Å². The monoisotopic (exact) mass is 478 g/mol. The smallest absolute Gasteiger partial charge is 0.225 e. The van der Waals surface area contributed by atoms with Gasteiger partial charge >= 0.3 is 0 Å². The zero-order valence-corrected chi connectivity index (χ0v) is 19.1. The number of aliphatic imine (C=N–C) groups is 1. The topological polar surface area (TPSA) is 66.0 Å². The van der Waals surface area contributed by atoms with Gasteiger partial charge in [-0.3, -0.25) is 9.79 Å². The van der Waals surface area contributed by atoms with Crippen LogP contribution in [-0.2, 0) is 9.53 Å². The van der Waals surface area contributed by atoms with E-state index < -0.39 is 0 Å².